The standard InChI is InChI=1S/C27H27NO3S/c1-28(2)10-6-11-30-17-20-16-24-22-13-18-7-5-12-31-26(18)15-19(22)14-23-21(27(24)32-20)8-4-9-25(23)29-3/h4-5,7-9,12-16H,6,10-11,17H2,1-3H3. The summed E-state index contributed by atoms with van der Waals surface area (Å²) < 4.78 is 17.5. The first kappa shape index (κ1) is 21.0. The SMILES string of the molecule is COc1cccc2c1C=c1cc3c(cc1-c1cc(COCCCN(C)C)sc1-2)=CC=CO3. The number of hydrogen-bond donors (Lipinski definition) is 0. The van der Waals surface area contributed by atoms with E-state index in [0.29, 0.717) is 6.61 Å². The molecule has 0 radical (unpaired) electrons. The summed E-state index contributed by atoms with van der Waals surface area (Å²) in [6.45, 7) is 2.43. The van der Waals surface area contributed by atoms with Crippen molar-refractivity contribution in [1.29, 1.82) is 0 Å². The van der Waals surface area contributed by atoms with E-state index in [1.807, 2.05) is 23.5 Å². The van der Waals surface area contributed by atoms with Gasteiger partial charge in [-0.15, -0.1) is 11.3 Å². The normalized spacial score (nSPS) is 13.1. The number of thiophene rings is 1. The zero-order valence-electron chi connectivity index (χ0n) is 18.7. The highest BCUT2D eigenvalue weighted by molar-refractivity contribution is 7.16. The highest BCUT2D eigenvalue weighted by Gasteiger charge is 2.22. The third-order valence-electron chi connectivity index (χ3n) is 5.77. The van der Waals surface area contributed by atoms with Gasteiger partial charge >= 0.3 is 0 Å². The van der Waals surface area contributed by atoms with Crippen LogP contribution in [0.4, 0.5) is 0 Å². The van der Waals surface area contributed by atoms with Crippen molar-refractivity contribution in [1.82, 2.24) is 4.90 Å². The Balaban J connectivity index is 1.60. The van der Waals surface area contributed by atoms with E-state index in [1.165, 1.54) is 26.4 Å². The quantitative estimate of drug-likeness (QED) is 0.395. The van der Waals surface area contributed by atoms with Crippen molar-refractivity contribution < 1.29 is 14.2 Å². The lowest BCUT2D eigenvalue weighted by Gasteiger charge is -2.09. The predicted octanol–water partition coefficient (Wildman–Crippen LogP) is 4.39. The number of nitrogens with zero attached hydrogens (tertiary/aromatic N) is 1. The average molecular weight is 446 g/mol. The van der Waals surface area contributed by atoms with Crippen LogP contribution in [0.2, 0.25) is 0 Å². The number of fused-ring (bicyclic) bond motifs is 6. The van der Waals surface area contributed by atoms with E-state index < -0.39 is 0 Å². The fourth-order valence-electron chi connectivity index (χ4n) is 4.25. The summed E-state index contributed by atoms with van der Waals surface area (Å²) in [7, 11) is 5.91. The molecule has 0 unspecified atom stereocenters. The lowest BCUT2D eigenvalue weighted by atomic mass is 10.0. The van der Waals surface area contributed by atoms with Crippen LogP contribution in [0.1, 0.15) is 16.9 Å². The maximum Gasteiger partial charge on any atom is 0.134 e. The van der Waals surface area contributed by atoms with Gasteiger partial charge in [-0.05, 0) is 80.3 Å². The first-order valence-electron chi connectivity index (χ1n) is 10.9. The molecule has 2 aromatic carbocycles. The van der Waals surface area contributed by atoms with E-state index in [2.05, 4.69) is 61.5 Å². The monoisotopic (exact) mass is 445 g/mol. The fraction of sp³-hybridized carbons (Fsp3) is 0.259. The minimum Gasteiger partial charge on any atom is -0.496 e. The van der Waals surface area contributed by atoms with Crippen LogP contribution < -0.4 is 19.9 Å². The summed E-state index contributed by atoms with van der Waals surface area (Å²) in [5.41, 5.74) is 4.75. The molecule has 5 rings (SSSR count). The first-order chi connectivity index (χ1) is 15.6. The molecule has 4 nitrogen and oxygen atoms in total. The maximum atomic E-state index is 6.01. The summed E-state index contributed by atoms with van der Waals surface area (Å²) in [6.07, 6.45) is 9.01. The second-order valence-electron chi connectivity index (χ2n) is 8.32. The van der Waals surface area contributed by atoms with Gasteiger partial charge in [0.1, 0.15) is 11.5 Å². The van der Waals surface area contributed by atoms with Crippen LogP contribution in [-0.4, -0.2) is 39.3 Å². The second kappa shape index (κ2) is 8.94. The van der Waals surface area contributed by atoms with Crippen molar-refractivity contribution >= 4 is 23.5 Å². The highest BCUT2D eigenvalue weighted by atomic mass is 32.1. The zero-order valence-corrected chi connectivity index (χ0v) is 19.5. The van der Waals surface area contributed by atoms with Crippen molar-refractivity contribution in [2.45, 2.75) is 13.0 Å². The van der Waals surface area contributed by atoms with Gasteiger partial charge in [0.25, 0.3) is 0 Å². The first-order valence-corrected chi connectivity index (χ1v) is 11.7. The molecule has 0 saturated heterocycles. The Hall–Kier alpha value is -2.86. The topological polar surface area (TPSA) is 30.9 Å². The van der Waals surface area contributed by atoms with Gasteiger partial charge in [-0.25, -0.2) is 0 Å². The van der Waals surface area contributed by atoms with Crippen molar-refractivity contribution in [2.75, 3.05) is 34.4 Å². The molecule has 5 heteroatoms. The Bertz CT molecular complexity index is 1300. The van der Waals surface area contributed by atoms with E-state index in [-0.39, 0.29) is 0 Å². The molecule has 0 amide bonds. The minimum absolute atomic E-state index is 0.631. The van der Waals surface area contributed by atoms with Crippen LogP contribution >= 0.6 is 11.3 Å². The van der Waals surface area contributed by atoms with Crippen LogP contribution in [0.3, 0.4) is 0 Å². The van der Waals surface area contributed by atoms with Crippen molar-refractivity contribution in [3.8, 4) is 33.1 Å². The average Bonchev–Trinajstić information content (AvgIpc) is 3.17. The molecule has 0 N–H and O–H groups in total. The molecular formula is C27H27NO3S. The number of allylic oxidation sites excluding steroid dienone is 1. The van der Waals surface area contributed by atoms with Crippen LogP contribution in [0.25, 0.3) is 33.7 Å². The maximum absolute atomic E-state index is 6.01. The van der Waals surface area contributed by atoms with Gasteiger partial charge < -0.3 is 19.1 Å². The van der Waals surface area contributed by atoms with Gasteiger partial charge in [-0.2, -0.15) is 0 Å². The van der Waals surface area contributed by atoms with Gasteiger partial charge in [-0.1, -0.05) is 12.1 Å². The third kappa shape index (κ3) is 3.99. The van der Waals surface area contributed by atoms with E-state index in [1.54, 1.807) is 13.4 Å². The van der Waals surface area contributed by atoms with Gasteiger partial charge in [-0.3, -0.25) is 0 Å². The van der Waals surface area contributed by atoms with Crippen LogP contribution in [0.5, 0.6) is 11.5 Å². The summed E-state index contributed by atoms with van der Waals surface area (Å²) in [5.74, 6) is 1.75. The Morgan fingerprint density at radius 1 is 1.03 bits per heavy atom. The lowest BCUT2D eigenvalue weighted by molar-refractivity contribution is 0.115. The number of hydrogen-bond acceptors (Lipinski definition) is 5. The molecule has 0 fully saturated rings. The van der Waals surface area contributed by atoms with Gasteiger partial charge in [0.15, 0.2) is 0 Å². The summed E-state index contributed by atoms with van der Waals surface area (Å²) >= 11 is 1.81. The molecule has 1 aliphatic carbocycles. The molecule has 2 heterocycles. The number of rotatable bonds is 7. The van der Waals surface area contributed by atoms with Gasteiger partial charge in [0.05, 0.1) is 20.0 Å². The Morgan fingerprint density at radius 3 is 2.78 bits per heavy atom. The number of methoxy groups -OCH3 is 1. The number of ether oxygens (including phenoxy) is 3. The molecule has 3 aromatic rings. The molecule has 32 heavy (non-hydrogen) atoms. The highest BCUT2D eigenvalue weighted by Crippen LogP contribution is 2.44. The van der Waals surface area contributed by atoms with E-state index in [4.69, 9.17) is 14.2 Å². The van der Waals surface area contributed by atoms with E-state index >= 15 is 0 Å². The molecule has 164 valence electrons. The minimum atomic E-state index is 0.631. The van der Waals surface area contributed by atoms with Gasteiger partial charge in [0, 0.05) is 38.3 Å². The molecule has 2 aliphatic rings. The summed E-state index contributed by atoms with van der Waals surface area (Å²) in [5, 5.41) is 2.23. The van der Waals surface area contributed by atoms with Gasteiger partial charge in [0.2, 0.25) is 0 Å². The molecule has 1 aromatic heterocycles. The molecule has 0 bridgehead atoms. The van der Waals surface area contributed by atoms with Crippen molar-refractivity contribution in [3.05, 3.63) is 69.6 Å². The lowest BCUT2D eigenvalue weighted by Crippen LogP contribution is -2.16. The largest absolute Gasteiger partial charge is 0.496 e. The third-order valence-corrected chi connectivity index (χ3v) is 6.92. The van der Waals surface area contributed by atoms with E-state index in [9.17, 15) is 0 Å². The zero-order chi connectivity index (χ0) is 22.1. The van der Waals surface area contributed by atoms with Crippen LogP contribution in [0.15, 0.2) is 48.7 Å². The molecule has 1 aliphatic heterocycles. The van der Waals surface area contributed by atoms with Crippen LogP contribution in [-0.2, 0) is 11.3 Å². The van der Waals surface area contributed by atoms with Crippen LogP contribution in [0, 0.1) is 0 Å². The van der Waals surface area contributed by atoms with Crippen molar-refractivity contribution in [3.63, 3.8) is 0 Å². The molecule has 0 spiro atoms. The molecular weight excluding hydrogens is 418 g/mol. The summed E-state index contributed by atoms with van der Waals surface area (Å²) in [6, 6.07) is 12.9. The Morgan fingerprint density at radius 2 is 1.94 bits per heavy atom. The van der Waals surface area contributed by atoms with Crippen molar-refractivity contribution in [2.24, 2.45) is 0 Å². The fourth-order valence-corrected chi connectivity index (χ4v) is 5.39. The van der Waals surface area contributed by atoms with E-state index in [0.717, 1.165) is 47.1 Å². The predicted molar refractivity (Wildman–Crippen MR) is 132 cm³/mol. The Kier molecular flexibility index (Phi) is 5.87. The summed E-state index contributed by atoms with van der Waals surface area (Å²) in [4.78, 5) is 4.68. The smallest absolute Gasteiger partial charge is 0.134 e. The second-order valence-corrected chi connectivity index (χ2v) is 9.46. The molecule has 0 saturated carbocycles. The molecule has 0 atom stereocenters. The Labute approximate surface area is 192 Å². The number of benzene rings is 2.